The van der Waals surface area contributed by atoms with E-state index in [2.05, 4.69) is 31.0 Å². The Balaban J connectivity index is 3.91. The fraction of sp³-hybridized carbons (Fsp3) is 0.929. The van der Waals surface area contributed by atoms with Crippen LogP contribution in [0, 0.1) is 5.41 Å². The van der Waals surface area contributed by atoms with Gasteiger partial charge in [0.25, 0.3) is 0 Å². The predicted octanol–water partition coefficient (Wildman–Crippen LogP) is 1.60. The average Bonchev–Trinajstić information content (AvgIpc) is 2.34. The second kappa shape index (κ2) is 8.48. The Morgan fingerprint density at radius 3 is 2.33 bits per heavy atom. The molecule has 0 aromatic carbocycles. The molecule has 0 heterocycles. The molecule has 0 rings (SSSR count). The summed E-state index contributed by atoms with van der Waals surface area (Å²) >= 11 is 0. The second-order valence-corrected chi connectivity index (χ2v) is 5.63. The Morgan fingerprint density at radius 2 is 1.89 bits per heavy atom. The lowest BCUT2D eigenvalue weighted by Crippen LogP contribution is -2.45. The van der Waals surface area contributed by atoms with E-state index in [0.717, 1.165) is 32.5 Å². The Labute approximate surface area is 112 Å². The summed E-state index contributed by atoms with van der Waals surface area (Å²) in [6.07, 6.45) is 2.13. The van der Waals surface area contributed by atoms with Gasteiger partial charge in [-0.15, -0.1) is 0 Å². The van der Waals surface area contributed by atoms with Gasteiger partial charge in [0.2, 0.25) is 5.91 Å². The highest BCUT2D eigenvalue weighted by molar-refractivity contribution is 5.82. The van der Waals surface area contributed by atoms with Crippen LogP contribution in [0.25, 0.3) is 0 Å². The molecule has 1 atom stereocenters. The van der Waals surface area contributed by atoms with E-state index in [1.54, 1.807) is 0 Å². The number of carbonyl (C=O) groups excluding carboxylic acids is 1. The zero-order valence-corrected chi connectivity index (χ0v) is 12.8. The first-order chi connectivity index (χ1) is 8.37. The molecule has 0 bridgehead atoms. The molecule has 0 aliphatic carbocycles. The van der Waals surface area contributed by atoms with E-state index in [0.29, 0.717) is 6.54 Å². The van der Waals surface area contributed by atoms with Gasteiger partial charge >= 0.3 is 0 Å². The molecule has 0 saturated carbocycles. The summed E-state index contributed by atoms with van der Waals surface area (Å²) in [5.41, 5.74) is 5.13. The maximum Gasteiger partial charge on any atom is 0.227 e. The highest BCUT2D eigenvalue weighted by Gasteiger charge is 2.26. The second-order valence-electron chi connectivity index (χ2n) is 5.63. The largest absolute Gasteiger partial charge is 0.353 e. The van der Waals surface area contributed by atoms with Crippen molar-refractivity contribution in [2.24, 2.45) is 11.1 Å². The van der Waals surface area contributed by atoms with Crippen molar-refractivity contribution in [3.8, 4) is 0 Å². The van der Waals surface area contributed by atoms with E-state index in [1.165, 1.54) is 0 Å². The quantitative estimate of drug-likeness (QED) is 0.659. The van der Waals surface area contributed by atoms with E-state index in [4.69, 9.17) is 5.73 Å². The van der Waals surface area contributed by atoms with Gasteiger partial charge in [0.15, 0.2) is 0 Å². The maximum atomic E-state index is 11.9. The summed E-state index contributed by atoms with van der Waals surface area (Å²) in [4.78, 5) is 14.3. The number of amides is 1. The molecule has 3 N–H and O–H groups in total. The first-order valence-corrected chi connectivity index (χ1v) is 7.10. The zero-order valence-electron chi connectivity index (χ0n) is 12.8. The molecule has 4 heteroatoms. The van der Waals surface area contributed by atoms with E-state index in [-0.39, 0.29) is 11.9 Å². The van der Waals surface area contributed by atoms with Gasteiger partial charge in [-0.1, -0.05) is 13.8 Å². The lowest BCUT2D eigenvalue weighted by molar-refractivity contribution is -0.129. The van der Waals surface area contributed by atoms with Crippen molar-refractivity contribution in [3.63, 3.8) is 0 Å². The van der Waals surface area contributed by atoms with Crippen LogP contribution in [0.3, 0.4) is 0 Å². The van der Waals surface area contributed by atoms with Crippen LogP contribution in [0.4, 0.5) is 0 Å². The topological polar surface area (TPSA) is 58.4 Å². The summed E-state index contributed by atoms with van der Waals surface area (Å²) in [6.45, 7) is 13.9. The number of nitrogens with one attached hydrogen (secondary N) is 1. The molecule has 0 spiro atoms. The lowest BCUT2D eigenvalue weighted by atomic mass is 9.92. The third-order valence-electron chi connectivity index (χ3n) is 3.51. The smallest absolute Gasteiger partial charge is 0.227 e. The minimum atomic E-state index is -0.465. The first-order valence-electron chi connectivity index (χ1n) is 7.10. The molecule has 0 fully saturated rings. The van der Waals surface area contributed by atoms with E-state index >= 15 is 0 Å². The normalized spacial score (nSPS) is 13.7. The lowest BCUT2D eigenvalue weighted by Gasteiger charge is -2.25. The molecular formula is C14H31N3O. The van der Waals surface area contributed by atoms with Gasteiger partial charge in [0, 0.05) is 12.6 Å². The van der Waals surface area contributed by atoms with E-state index < -0.39 is 5.41 Å². The van der Waals surface area contributed by atoms with Crippen molar-refractivity contribution in [3.05, 3.63) is 0 Å². The summed E-state index contributed by atoms with van der Waals surface area (Å²) in [5, 5.41) is 3.04. The van der Waals surface area contributed by atoms with Gasteiger partial charge in [-0.3, -0.25) is 4.79 Å². The van der Waals surface area contributed by atoms with Crippen LogP contribution in [-0.4, -0.2) is 43.0 Å². The number of hydrogen-bond donors (Lipinski definition) is 2. The summed E-state index contributed by atoms with van der Waals surface area (Å²) in [6, 6.07) is 0.221. The fourth-order valence-electron chi connectivity index (χ4n) is 1.74. The van der Waals surface area contributed by atoms with Crippen LogP contribution >= 0.6 is 0 Å². The molecule has 0 aromatic rings. The summed E-state index contributed by atoms with van der Waals surface area (Å²) in [5.74, 6) is 0.0559. The third kappa shape index (κ3) is 6.36. The minimum Gasteiger partial charge on any atom is -0.353 e. The van der Waals surface area contributed by atoms with Gasteiger partial charge in [-0.05, 0) is 53.2 Å². The van der Waals surface area contributed by atoms with Crippen LogP contribution in [0.15, 0.2) is 0 Å². The van der Waals surface area contributed by atoms with Crippen LogP contribution < -0.4 is 11.1 Å². The fourth-order valence-corrected chi connectivity index (χ4v) is 1.74. The number of carbonyl (C=O) groups is 1. The minimum absolute atomic E-state index is 0.0559. The highest BCUT2D eigenvalue weighted by Crippen LogP contribution is 2.13. The summed E-state index contributed by atoms with van der Waals surface area (Å²) in [7, 11) is 0. The van der Waals surface area contributed by atoms with Crippen molar-refractivity contribution in [2.45, 2.75) is 53.5 Å². The number of nitrogens with zero attached hydrogens (tertiary/aromatic N) is 1. The first kappa shape index (κ1) is 17.4. The Bertz CT molecular complexity index is 237. The molecule has 4 nitrogen and oxygen atoms in total. The van der Waals surface area contributed by atoms with Gasteiger partial charge < -0.3 is 16.0 Å². The van der Waals surface area contributed by atoms with Crippen molar-refractivity contribution in [1.29, 1.82) is 0 Å². The maximum absolute atomic E-state index is 11.9. The third-order valence-corrected chi connectivity index (χ3v) is 3.51. The Kier molecular flexibility index (Phi) is 8.20. The standard InChI is InChI=1S/C14H31N3O/c1-6-17(7-2)10-8-9-12(3)16-13(18)14(4,5)11-15/h12H,6-11,15H2,1-5H3,(H,16,18). The van der Waals surface area contributed by atoms with Crippen molar-refractivity contribution in [2.75, 3.05) is 26.2 Å². The SMILES string of the molecule is CCN(CC)CCCC(C)NC(=O)C(C)(C)CN. The van der Waals surface area contributed by atoms with Crippen LogP contribution in [0.2, 0.25) is 0 Å². The molecule has 1 unspecified atom stereocenters. The van der Waals surface area contributed by atoms with Gasteiger partial charge in [0.05, 0.1) is 5.41 Å². The Hall–Kier alpha value is -0.610. The van der Waals surface area contributed by atoms with Crippen LogP contribution in [0.5, 0.6) is 0 Å². The molecule has 0 radical (unpaired) electrons. The Morgan fingerprint density at radius 1 is 1.33 bits per heavy atom. The molecule has 0 aliphatic heterocycles. The van der Waals surface area contributed by atoms with E-state index in [1.807, 2.05) is 13.8 Å². The molecule has 108 valence electrons. The number of nitrogens with two attached hydrogens (primary N) is 1. The van der Waals surface area contributed by atoms with Gasteiger partial charge in [-0.2, -0.15) is 0 Å². The molecule has 1 amide bonds. The van der Waals surface area contributed by atoms with E-state index in [9.17, 15) is 4.79 Å². The van der Waals surface area contributed by atoms with Crippen molar-refractivity contribution < 1.29 is 4.79 Å². The van der Waals surface area contributed by atoms with Crippen molar-refractivity contribution >= 4 is 5.91 Å². The number of hydrogen-bond acceptors (Lipinski definition) is 3. The molecule has 18 heavy (non-hydrogen) atoms. The van der Waals surface area contributed by atoms with Crippen LogP contribution in [-0.2, 0) is 4.79 Å². The average molecular weight is 257 g/mol. The monoisotopic (exact) mass is 257 g/mol. The molecular weight excluding hydrogens is 226 g/mol. The zero-order chi connectivity index (χ0) is 14.2. The molecule has 0 aliphatic rings. The summed E-state index contributed by atoms with van der Waals surface area (Å²) < 4.78 is 0. The van der Waals surface area contributed by atoms with Gasteiger partial charge in [0.1, 0.15) is 0 Å². The molecule has 0 saturated heterocycles. The predicted molar refractivity (Wildman–Crippen MR) is 77.5 cm³/mol. The van der Waals surface area contributed by atoms with Crippen molar-refractivity contribution in [1.82, 2.24) is 10.2 Å². The van der Waals surface area contributed by atoms with Gasteiger partial charge in [-0.25, -0.2) is 0 Å². The number of rotatable bonds is 9. The molecule has 0 aromatic heterocycles. The van der Waals surface area contributed by atoms with Crippen LogP contribution in [0.1, 0.15) is 47.5 Å². The highest BCUT2D eigenvalue weighted by atomic mass is 16.2.